The molecule has 1 N–H and O–H groups in total. The topological polar surface area (TPSA) is 86.8 Å². The van der Waals surface area contributed by atoms with Gasteiger partial charge in [0, 0.05) is 24.0 Å². The van der Waals surface area contributed by atoms with Crippen LogP contribution in [0.2, 0.25) is 0 Å². The molecule has 7 nitrogen and oxygen atoms in total. The molecule has 0 unspecified atom stereocenters. The molecular weight excluding hydrogens is 578 g/mol. The van der Waals surface area contributed by atoms with Gasteiger partial charge in [0.15, 0.2) is 0 Å². The zero-order chi connectivity index (χ0) is 28.6. The van der Waals surface area contributed by atoms with Crippen molar-refractivity contribution in [2.24, 2.45) is 5.92 Å². The average Bonchev–Trinajstić information content (AvgIpc) is 2.89. The number of sulfonamides is 1. The fraction of sp³-hybridized carbons (Fsp3) is 0.333. The molecule has 0 aliphatic carbocycles. The van der Waals surface area contributed by atoms with Crippen LogP contribution in [0.4, 0.5) is 5.69 Å². The Morgan fingerprint density at radius 1 is 0.897 bits per heavy atom. The third-order valence-corrected chi connectivity index (χ3v) is 7.89. The highest BCUT2D eigenvalue weighted by Crippen LogP contribution is 2.21. The highest BCUT2D eigenvalue weighted by atomic mass is 79.9. The van der Waals surface area contributed by atoms with Crippen molar-refractivity contribution < 1.29 is 18.0 Å². The van der Waals surface area contributed by atoms with Crippen LogP contribution in [-0.4, -0.2) is 50.5 Å². The lowest BCUT2D eigenvalue weighted by Crippen LogP contribution is -2.53. The number of hydrogen-bond acceptors (Lipinski definition) is 4. The number of carbonyl (C=O) groups excluding carboxylic acids is 2. The maximum atomic E-state index is 14.0. The molecule has 9 heteroatoms. The van der Waals surface area contributed by atoms with Crippen molar-refractivity contribution in [1.82, 2.24) is 10.2 Å². The summed E-state index contributed by atoms with van der Waals surface area (Å²) in [4.78, 5) is 29.1. The summed E-state index contributed by atoms with van der Waals surface area (Å²) in [5, 5.41) is 2.98. The normalized spacial score (nSPS) is 12.2. The first-order valence-electron chi connectivity index (χ1n) is 12.8. The monoisotopic (exact) mass is 613 g/mol. The molecule has 0 aromatic heterocycles. The van der Waals surface area contributed by atoms with Crippen molar-refractivity contribution >= 4 is 43.5 Å². The van der Waals surface area contributed by atoms with E-state index < -0.39 is 28.5 Å². The van der Waals surface area contributed by atoms with Crippen molar-refractivity contribution in [2.75, 3.05) is 23.7 Å². The van der Waals surface area contributed by atoms with Crippen LogP contribution in [0.5, 0.6) is 0 Å². The van der Waals surface area contributed by atoms with E-state index in [2.05, 4.69) is 21.2 Å². The van der Waals surface area contributed by atoms with Gasteiger partial charge >= 0.3 is 0 Å². The number of rotatable bonds is 12. The standard InChI is InChI=1S/C30H36BrN3O4S/c1-22(2)19-32-30(36)28(18-24-8-6-5-7-9-24)33(20-25-12-14-26(31)15-13-25)29(35)21-34(39(4,37)38)27-16-10-23(3)11-17-27/h5-17,22,28H,18-21H2,1-4H3,(H,32,36)/t28-/m0/s1. The van der Waals surface area contributed by atoms with E-state index in [4.69, 9.17) is 0 Å². The van der Waals surface area contributed by atoms with E-state index in [1.165, 1.54) is 4.90 Å². The molecule has 39 heavy (non-hydrogen) atoms. The van der Waals surface area contributed by atoms with E-state index in [9.17, 15) is 18.0 Å². The predicted octanol–water partition coefficient (Wildman–Crippen LogP) is 4.94. The number of benzene rings is 3. The maximum Gasteiger partial charge on any atom is 0.244 e. The smallest absolute Gasteiger partial charge is 0.244 e. The minimum Gasteiger partial charge on any atom is -0.354 e. The van der Waals surface area contributed by atoms with Crippen molar-refractivity contribution in [3.05, 3.63) is 100 Å². The zero-order valence-corrected chi connectivity index (χ0v) is 25.2. The van der Waals surface area contributed by atoms with E-state index in [0.29, 0.717) is 12.2 Å². The summed E-state index contributed by atoms with van der Waals surface area (Å²) in [5.74, 6) is -0.520. The molecule has 3 rings (SSSR count). The molecule has 0 fully saturated rings. The van der Waals surface area contributed by atoms with Gasteiger partial charge in [-0.15, -0.1) is 0 Å². The van der Waals surface area contributed by atoms with Crippen LogP contribution in [0.1, 0.15) is 30.5 Å². The fourth-order valence-corrected chi connectivity index (χ4v) is 5.20. The van der Waals surface area contributed by atoms with Crippen LogP contribution in [0.15, 0.2) is 83.3 Å². The summed E-state index contributed by atoms with van der Waals surface area (Å²) >= 11 is 3.44. The molecule has 0 bridgehead atoms. The Bertz CT molecular complexity index is 1350. The van der Waals surface area contributed by atoms with Crippen molar-refractivity contribution in [3.8, 4) is 0 Å². The molecule has 0 aliphatic heterocycles. The molecule has 208 valence electrons. The molecular formula is C30H36BrN3O4S. The fourth-order valence-electron chi connectivity index (χ4n) is 4.09. The largest absolute Gasteiger partial charge is 0.354 e. The first kappa shape index (κ1) is 30.4. The van der Waals surface area contributed by atoms with E-state index in [1.54, 1.807) is 24.3 Å². The van der Waals surface area contributed by atoms with Crippen molar-refractivity contribution in [3.63, 3.8) is 0 Å². The van der Waals surface area contributed by atoms with Crippen LogP contribution in [0.3, 0.4) is 0 Å². The van der Waals surface area contributed by atoms with Gasteiger partial charge in [-0.1, -0.05) is 89.9 Å². The molecule has 0 heterocycles. The minimum absolute atomic E-state index is 0.143. The maximum absolute atomic E-state index is 14.0. The van der Waals surface area contributed by atoms with Gasteiger partial charge in [-0.3, -0.25) is 13.9 Å². The number of hydrogen-bond donors (Lipinski definition) is 1. The van der Waals surface area contributed by atoms with Gasteiger partial charge in [-0.05, 0) is 48.2 Å². The number of carbonyl (C=O) groups is 2. The average molecular weight is 615 g/mol. The Kier molecular flexibility index (Phi) is 10.7. The van der Waals surface area contributed by atoms with Crippen LogP contribution in [0, 0.1) is 12.8 Å². The second-order valence-corrected chi connectivity index (χ2v) is 12.9. The van der Waals surface area contributed by atoms with Crippen molar-refractivity contribution in [2.45, 2.75) is 39.8 Å². The Labute approximate surface area is 240 Å². The Balaban J connectivity index is 2.03. The predicted molar refractivity (Wildman–Crippen MR) is 160 cm³/mol. The van der Waals surface area contributed by atoms with Crippen LogP contribution < -0.4 is 9.62 Å². The minimum atomic E-state index is -3.79. The summed E-state index contributed by atoms with van der Waals surface area (Å²) in [6, 6.07) is 23.1. The molecule has 0 aliphatic rings. The Hall–Kier alpha value is -3.17. The second kappa shape index (κ2) is 13.8. The Morgan fingerprint density at radius 2 is 1.51 bits per heavy atom. The van der Waals surface area contributed by atoms with E-state index in [1.807, 2.05) is 75.4 Å². The van der Waals surface area contributed by atoms with Crippen LogP contribution >= 0.6 is 15.9 Å². The number of aryl methyl sites for hydroxylation is 1. The van der Waals surface area contributed by atoms with Gasteiger partial charge in [0.1, 0.15) is 12.6 Å². The molecule has 1 atom stereocenters. The molecule has 0 spiro atoms. The van der Waals surface area contributed by atoms with Crippen molar-refractivity contribution in [1.29, 1.82) is 0 Å². The quantitative estimate of drug-likeness (QED) is 0.314. The third-order valence-electron chi connectivity index (χ3n) is 6.22. The molecule has 0 saturated carbocycles. The molecule has 0 radical (unpaired) electrons. The molecule has 2 amide bonds. The summed E-state index contributed by atoms with van der Waals surface area (Å²) in [5.41, 5.74) is 3.08. The van der Waals surface area contributed by atoms with Gasteiger partial charge in [-0.25, -0.2) is 8.42 Å². The third kappa shape index (κ3) is 9.21. The second-order valence-electron chi connectivity index (χ2n) is 10.1. The summed E-state index contributed by atoms with van der Waals surface area (Å²) < 4.78 is 27.6. The first-order valence-corrected chi connectivity index (χ1v) is 15.5. The number of halogens is 1. The highest BCUT2D eigenvalue weighted by Gasteiger charge is 2.33. The lowest BCUT2D eigenvalue weighted by Gasteiger charge is -2.33. The van der Waals surface area contributed by atoms with Gasteiger partial charge in [0.2, 0.25) is 21.8 Å². The number of nitrogens with zero attached hydrogens (tertiary/aromatic N) is 2. The van der Waals surface area contributed by atoms with Gasteiger partial charge in [0.05, 0.1) is 11.9 Å². The van der Waals surface area contributed by atoms with Crippen LogP contribution in [-0.2, 0) is 32.6 Å². The van der Waals surface area contributed by atoms with E-state index >= 15 is 0 Å². The number of anilines is 1. The van der Waals surface area contributed by atoms with E-state index in [0.717, 1.165) is 31.7 Å². The lowest BCUT2D eigenvalue weighted by molar-refractivity contribution is -0.140. The Morgan fingerprint density at radius 3 is 2.08 bits per heavy atom. The molecule has 0 saturated heterocycles. The first-order chi connectivity index (χ1) is 18.4. The zero-order valence-electron chi connectivity index (χ0n) is 22.8. The molecule has 3 aromatic carbocycles. The number of amides is 2. The highest BCUT2D eigenvalue weighted by molar-refractivity contribution is 9.10. The van der Waals surface area contributed by atoms with Gasteiger partial charge < -0.3 is 10.2 Å². The summed E-state index contributed by atoms with van der Waals surface area (Å²) in [7, 11) is -3.79. The van der Waals surface area contributed by atoms with Gasteiger partial charge in [0.25, 0.3) is 0 Å². The number of nitrogens with one attached hydrogen (secondary N) is 1. The summed E-state index contributed by atoms with van der Waals surface area (Å²) in [6.45, 7) is 6.09. The summed E-state index contributed by atoms with van der Waals surface area (Å²) in [6.07, 6.45) is 1.37. The molecule has 3 aromatic rings. The van der Waals surface area contributed by atoms with Gasteiger partial charge in [-0.2, -0.15) is 0 Å². The lowest BCUT2D eigenvalue weighted by atomic mass is 10.0. The van der Waals surface area contributed by atoms with Crippen LogP contribution in [0.25, 0.3) is 0 Å². The van der Waals surface area contributed by atoms with E-state index in [-0.39, 0.29) is 24.8 Å². The SMILES string of the molecule is Cc1ccc(N(CC(=O)N(Cc2ccc(Br)cc2)[C@@H](Cc2ccccc2)C(=O)NCC(C)C)S(C)(=O)=O)cc1.